The quantitative estimate of drug-likeness (QED) is 0.442. The molecule has 0 aliphatic rings. The maximum absolute atomic E-state index is 7.98. The average Bonchev–Trinajstić information content (AvgIpc) is 1.61. The fourth-order valence-electron chi connectivity index (χ4n) is 0.112. The van der Waals surface area contributed by atoms with Crippen LogP contribution in [0.2, 0.25) is 0 Å². The van der Waals surface area contributed by atoms with Crippen molar-refractivity contribution in [1.29, 1.82) is 0 Å². The Labute approximate surface area is 78.3 Å². The summed E-state index contributed by atoms with van der Waals surface area (Å²) in [4.78, 5) is 0. The molecule has 0 saturated heterocycles. The third kappa shape index (κ3) is 15.9. The van der Waals surface area contributed by atoms with E-state index < -0.39 is 0 Å². The number of rotatable bonds is 1. The van der Waals surface area contributed by atoms with E-state index in [-0.39, 0.29) is 49.9 Å². The molecule has 0 fully saturated rings. The summed E-state index contributed by atoms with van der Waals surface area (Å²) in [5.74, 6) is 2.25. The summed E-state index contributed by atoms with van der Waals surface area (Å²) in [6.07, 6.45) is 2.02. The SMILES string of the molecule is OC#CCCO.[BiH3].[Cu]. The molecule has 0 heterocycles. The molecule has 0 rings (SSSR count). The maximum Gasteiger partial charge on any atom is 0 e. The van der Waals surface area contributed by atoms with E-state index in [9.17, 15) is 0 Å². The molecule has 0 spiro atoms. The largest absolute Gasteiger partial charge is 0 e. The molecule has 0 saturated carbocycles. The van der Waals surface area contributed by atoms with Gasteiger partial charge in [0.1, 0.15) is 6.11 Å². The topological polar surface area (TPSA) is 40.5 Å². The molecular formula is C4H9BiCuO2. The molecular weight excluding hydrogens is 353 g/mol. The summed E-state index contributed by atoms with van der Waals surface area (Å²) in [5, 5.41) is 15.7. The van der Waals surface area contributed by atoms with E-state index in [4.69, 9.17) is 10.2 Å². The molecule has 4 heteroatoms. The van der Waals surface area contributed by atoms with Crippen molar-refractivity contribution in [2.75, 3.05) is 6.61 Å². The van der Waals surface area contributed by atoms with E-state index >= 15 is 0 Å². The monoisotopic (exact) mass is 361 g/mol. The number of aliphatic hydroxyl groups is 2. The van der Waals surface area contributed by atoms with Crippen LogP contribution >= 0.6 is 0 Å². The second kappa shape index (κ2) is 15.6. The molecule has 53 valence electrons. The standard InChI is InChI=1S/C4H6O2.Bi.Cu.3H/c5-3-1-2-4-6;;;;;/h5-6H,1,3H2;;;;;. The van der Waals surface area contributed by atoms with Crippen molar-refractivity contribution < 1.29 is 27.3 Å². The molecule has 0 bridgehead atoms. The van der Waals surface area contributed by atoms with Crippen molar-refractivity contribution in [3.8, 4) is 12.0 Å². The second-order valence-corrected chi connectivity index (χ2v) is 0.762. The Balaban J connectivity index is -0.000000125. The van der Waals surface area contributed by atoms with E-state index in [0.717, 1.165) is 0 Å². The number of aliphatic hydroxyl groups excluding tert-OH is 2. The van der Waals surface area contributed by atoms with E-state index in [1.807, 2.05) is 0 Å². The molecule has 0 aromatic rings. The predicted octanol–water partition coefficient (Wildman–Crippen LogP) is -1.48. The van der Waals surface area contributed by atoms with Crippen molar-refractivity contribution in [2.24, 2.45) is 0 Å². The van der Waals surface area contributed by atoms with Gasteiger partial charge >= 0.3 is 26.2 Å². The average molecular weight is 362 g/mol. The minimum atomic E-state index is 0. The predicted molar refractivity (Wildman–Crippen MR) is 31.4 cm³/mol. The number of hydrogen-bond donors (Lipinski definition) is 2. The number of hydrogen-bond acceptors (Lipinski definition) is 2. The van der Waals surface area contributed by atoms with Crippen LogP contribution in [0.5, 0.6) is 0 Å². The Morgan fingerprint density at radius 1 is 1.38 bits per heavy atom. The van der Waals surface area contributed by atoms with E-state index in [1.54, 1.807) is 6.11 Å². The van der Waals surface area contributed by atoms with Crippen molar-refractivity contribution in [1.82, 2.24) is 0 Å². The van der Waals surface area contributed by atoms with Gasteiger partial charge in [-0.1, -0.05) is 5.92 Å². The minimum absolute atomic E-state index is 0. The van der Waals surface area contributed by atoms with Gasteiger partial charge in [-0.15, -0.1) is 0 Å². The van der Waals surface area contributed by atoms with Crippen LogP contribution in [-0.4, -0.2) is 43.0 Å². The summed E-state index contributed by atoms with van der Waals surface area (Å²) in [6, 6.07) is 0. The smallest absolute Gasteiger partial charge is 0 e. The Bertz CT molecular complexity index is 75.8. The Hall–Kier alpha value is 0.723. The zero-order chi connectivity index (χ0) is 4.83. The van der Waals surface area contributed by atoms with E-state index in [1.165, 1.54) is 0 Å². The first kappa shape index (κ1) is 15.9. The third-order valence-corrected chi connectivity index (χ3v) is 0.316. The van der Waals surface area contributed by atoms with Gasteiger partial charge < -0.3 is 10.2 Å². The van der Waals surface area contributed by atoms with Crippen LogP contribution in [0.15, 0.2) is 0 Å². The molecule has 0 atom stereocenters. The zero-order valence-electron chi connectivity index (χ0n) is 4.32. The van der Waals surface area contributed by atoms with Gasteiger partial charge in [0, 0.05) is 23.5 Å². The molecule has 2 nitrogen and oxygen atoms in total. The zero-order valence-corrected chi connectivity index (χ0v) is 10.8. The molecule has 8 heavy (non-hydrogen) atoms. The molecule has 0 amide bonds. The Morgan fingerprint density at radius 2 is 1.88 bits per heavy atom. The normalized spacial score (nSPS) is 4.62. The van der Waals surface area contributed by atoms with E-state index in [2.05, 4.69) is 5.92 Å². The first-order valence-corrected chi connectivity index (χ1v) is 1.64. The molecule has 0 aliphatic heterocycles. The molecule has 0 aliphatic carbocycles. The van der Waals surface area contributed by atoms with Gasteiger partial charge in [0.2, 0.25) is 0 Å². The second-order valence-electron chi connectivity index (χ2n) is 0.762. The van der Waals surface area contributed by atoms with Crippen LogP contribution in [0.1, 0.15) is 6.42 Å². The molecule has 0 aromatic heterocycles. The van der Waals surface area contributed by atoms with Crippen LogP contribution in [-0.2, 0) is 17.1 Å². The molecule has 0 aromatic carbocycles. The minimum Gasteiger partial charge on any atom is 0 e. The van der Waals surface area contributed by atoms with Gasteiger partial charge in [0.25, 0.3) is 0 Å². The van der Waals surface area contributed by atoms with Crippen molar-refractivity contribution in [3.63, 3.8) is 0 Å². The first-order chi connectivity index (χ1) is 2.91. The maximum atomic E-state index is 7.98. The Morgan fingerprint density at radius 3 is 2.00 bits per heavy atom. The fourth-order valence-corrected chi connectivity index (χ4v) is 0.112. The van der Waals surface area contributed by atoms with Gasteiger partial charge in [0.05, 0.1) is 6.61 Å². The van der Waals surface area contributed by atoms with Crippen LogP contribution in [0.25, 0.3) is 0 Å². The van der Waals surface area contributed by atoms with Gasteiger partial charge in [0.15, 0.2) is 0 Å². The molecule has 0 unspecified atom stereocenters. The van der Waals surface area contributed by atoms with Crippen LogP contribution in [0.3, 0.4) is 0 Å². The van der Waals surface area contributed by atoms with Crippen molar-refractivity contribution in [2.45, 2.75) is 6.42 Å². The van der Waals surface area contributed by atoms with Crippen LogP contribution in [0, 0.1) is 12.0 Å². The summed E-state index contributed by atoms with van der Waals surface area (Å²) in [6.45, 7) is 0.0214. The van der Waals surface area contributed by atoms with Gasteiger partial charge in [-0.25, -0.2) is 0 Å². The summed E-state index contributed by atoms with van der Waals surface area (Å²) in [5.41, 5.74) is 0. The fraction of sp³-hybridized carbons (Fsp3) is 0.500. The Kier molecular flexibility index (Phi) is 31.1. The summed E-state index contributed by atoms with van der Waals surface area (Å²) in [7, 11) is 0. The first-order valence-electron chi connectivity index (χ1n) is 1.64. The van der Waals surface area contributed by atoms with Crippen LogP contribution in [0.4, 0.5) is 0 Å². The van der Waals surface area contributed by atoms with Gasteiger partial charge in [-0.3, -0.25) is 0 Å². The third-order valence-electron chi connectivity index (χ3n) is 0.316. The van der Waals surface area contributed by atoms with Gasteiger partial charge in [-0.05, 0) is 0 Å². The van der Waals surface area contributed by atoms with Crippen molar-refractivity contribution >= 4 is 26.2 Å². The van der Waals surface area contributed by atoms with Gasteiger partial charge in [-0.2, -0.15) is 0 Å². The molecule has 1 radical (unpaired) electrons. The van der Waals surface area contributed by atoms with Crippen LogP contribution < -0.4 is 0 Å². The summed E-state index contributed by atoms with van der Waals surface area (Å²) < 4.78 is 0. The van der Waals surface area contributed by atoms with Crippen molar-refractivity contribution in [3.05, 3.63) is 0 Å². The van der Waals surface area contributed by atoms with E-state index in [0.29, 0.717) is 6.42 Å². The molecule has 2 N–H and O–H groups in total. The summed E-state index contributed by atoms with van der Waals surface area (Å²) >= 11 is 0.